The fourth-order valence-electron chi connectivity index (χ4n) is 2.38. The van der Waals surface area contributed by atoms with Crippen LogP contribution in [0.3, 0.4) is 0 Å². The number of aliphatic carboxylic acids is 1. The number of rotatable bonds is 13. The largest absolute Gasteiger partial charge is 0.481 e. The van der Waals surface area contributed by atoms with E-state index in [0.717, 1.165) is 17.7 Å². The van der Waals surface area contributed by atoms with Crippen molar-refractivity contribution in [3.63, 3.8) is 0 Å². The fraction of sp³-hybridized carbons (Fsp3) is 0.381. The summed E-state index contributed by atoms with van der Waals surface area (Å²) in [5, 5.41) is 11.9. The van der Waals surface area contributed by atoms with Crippen molar-refractivity contribution in [1.29, 1.82) is 0 Å². The highest BCUT2D eigenvalue weighted by Crippen LogP contribution is 2.13. The molecule has 1 aromatic rings. The van der Waals surface area contributed by atoms with E-state index in [0.29, 0.717) is 31.5 Å². The van der Waals surface area contributed by atoms with Crippen molar-refractivity contribution in [2.75, 3.05) is 0 Å². The lowest BCUT2D eigenvalue weighted by molar-refractivity contribution is -0.137. The van der Waals surface area contributed by atoms with Gasteiger partial charge in [-0.15, -0.1) is 0 Å². The Morgan fingerprint density at radius 1 is 1.21 bits per heavy atom. The number of amides is 1. The number of carbonyl (C=O) groups excluding carboxylic acids is 1. The number of allylic oxidation sites excluding steroid dienone is 1. The molecule has 4 N–H and O–H groups in total. The van der Waals surface area contributed by atoms with Crippen LogP contribution in [0, 0.1) is 5.82 Å². The summed E-state index contributed by atoms with van der Waals surface area (Å²) in [4.78, 5) is 26.2. The maximum Gasteiger partial charge on any atom is 0.303 e. The first-order valence-corrected chi connectivity index (χ1v) is 9.34. The van der Waals surface area contributed by atoms with Crippen LogP contribution in [-0.4, -0.2) is 23.2 Å². The minimum absolute atomic E-state index is 0.0605. The molecule has 0 atom stereocenters. The molecule has 0 aliphatic carbocycles. The maximum absolute atomic E-state index is 13.0. The van der Waals surface area contributed by atoms with Gasteiger partial charge >= 0.3 is 5.97 Å². The number of halogens is 1. The summed E-state index contributed by atoms with van der Waals surface area (Å²) >= 11 is 0. The third kappa shape index (κ3) is 10.3. The fourth-order valence-corrected chi connectivity index (χ4v) is 2.38. The number of nitrogens with one attached hydrogen (secondary N) is 1. The molecule has 0 saturated carbocycles. The highest BCUT2D eigenvalue weighted by molar-refractivity contribution is 5.75. The van der Waals surface area contributed by atoms with E-state index in [-0.39, 0.29) is 18.7 Å². The normalized spacial score (nSPS) is 12.4. The van der Waals surface area contributed by atoms with Crippen molar-refractivity contribution in [3.05, 3.63) is 59.2 Å². The molecule has 0 heterocycles. The Bertz CT molecular complexity index is 725. The number of aliphatic imine (C=N–C) groups is 1. The van der Waals surface area contributed by atoms with E-state index in [1.54, 1.807) is 24.4 Å². The first kappa shape index (κ1) is 23.1. The van der Waals surface area contributed by atoms with Gasteiger partial charge in [0.2, 0.25) is 5.91 Å². The Morgan fingerprint density at radius 2 is 1.93 bits per heavy atom. The van der Waals surface area contributed by atoms with Gasteiger partial charge in [-0.2, -0.15) is 0 Å². The SMILES string of the molecule is CC/C=C(NCc1ccc(F)cc1)\C(=C/CC(N)=O)N=CCCCCC(=O)O. The van der Waals surface area contributed by atoms with Crippen LogP contribution in [0.1, 0.15) is 51.0 Å². The Balaban J connectivity index is 2.79. The summed E-state index contributed by atoms with van der Waals surface area (Å²) in [6, 6.07) is 6.20. The number of nitrogens with zero attached hydrogens (tertiary/aromatic N) is 1. The Hall–Kier alpha value is -2.96. The van der Waals surface area contributed by atoms with Crippen LogP contribution in [0.15, 0.2) is 52.8 Å². The Morgan fingerprint density at radius 3 is 2.54 bits per heavy atom. The molecule has 0 aliphatic heterocycles. The number of primary amides is 1. The highest BCUT2D eigenvalue weighted by Gasteiger charge is 2.05. The summed E-state index contributed by atoms with van der Waals surface area (Å²) in [6.07, 6.45) is 8.23. The third-order valence-electron chi connectivity index (χ3n) is 3.78. The number of carboxylic acids is 1. The number of carboxylic acid groups (broad SMARTS) is 1. The smallest absolute Gasteiger partial charge is 0.303 e. The lowest BCUT2D eigenvalue weighted by Gasteiger charge is -2.12. The van der Waals surface area contributed by atoms with Crippen LogP contribution < -0.4 is 11.1 Å². The zero-order valence-corrected chi connectivity index (χ0v) is 16.2. The first-order chi connectivity index (χ1) is 13.4. The molecule has 0 unspecified atom stereocenters. The number of hydrogen-bond acceptors (Lipinski definition) is 4. The van der Waals surface area contributed by atoms with Crippen molar-refractivity contribution >= 4 is 18.1 Å². The second-order valence-corrected chi connectivity index (χ2v) is 6.22. The van der Waals surface area contributed by atoms with Crippen LogP contribution in [0.4, 0.5) is 4.39 Å². The first-order valence-electron chi connectivity index (χ1n) is 9.34. The average Bonchev–Trinajstić information content (AvgIpc) is 2.65. The molecule has 0 saturated heterocycles. The number of nitrogens with two attached hydrogens (primary N) is 1. The lowest BCUT2D eigenvalue weighted by Crippen LogP contribution is -2.15. The van der Waals surface area contributed by atoms with Gasteiger partial charge in [0.1, 0.15) is 5.82 Å². The molecule has 28 heavy (non-hydrogen) atoms. The summed E-state index contributed by atoms with van der Waals surface area (Å²) in [7, 11) is 0. The molecule has 0 aromatic heterocycles. The van der Waals surface area contributed by atoms with Gasteiger partial charge in [-0.05, 0) is 49.5 Å². The van der Waals surface area contributed by atoms with Crippen molar-refractivity contribution in [2.45, 2.75) is 52.0 Å². The number of benzene rings is 1. The average molecular weight is 389 g/mol. The third-order valence-corrected chi connectivity index (χ3v) is 3.78. The van der Waals surface area contributed by atoms with Crippen LogP contribution in [0.25, 0.3) is 0 Å². The zero-order chi connectivity index (χ0) is 20.8. The van der Waals surface area contributed by atoms with E-state index in [2.05, 4.69) is 10.3 Å². The Labute approximate surface area is 165 Å². The van der Waals surface area contributed by atoms with Gasteiger partial charge in [-0.3, -0.25) is 14.6 Å². The summed E-state index contributed by atoms with van der Waals surface area (Å²) in [5.41, 5.74) is 7.52. The molecule has 0 fully saturated rings. The van der Waals surface area contributed by atoms with Crippen molar-refractivity contribution < 1.29 is 19.1 Å². The molecular formula is C21H28FN3O3. The molecule has 1 amide bonds. The van der Waals surface area contributed by atoms with Gasteiger partial charge in [-0.25, -0.2) is 4.39 Å². The molecule has 0 aliphatic rings. The highest BCUT2D eigenvalue weighted by atomic mass is 19.1. The van der Waals surface area contributed by atoms with E-state index in [9.17, 15) is 14.0 Å². The van der Waals surface area contributed by atoms with E-state index >= 15 is 0 Å². The molecule has 1 aromatic carbocycles. The quantitative estimate of drug-likeness (QED) is 0.272. The van der Waals surface area contributed by atoms with Crippen LogP contribution in [0.5, 0.6) is 0 Å². The van der Waals surface area contributed by atoms with Crippen LogP contribution in [0.2, 0.25) is 0 Å². The zero-order valence-electron chi connectivity index (χ0n) is 16.2. The predicted molar refractivity (Wildman–Crippen MR) is 108 cm³/mol. The van der Waals surface area contributed by atoms with Gasteiger partial charge in [0.15, 0.2) is 0 Å². The monoisotopic (exact) mass is 389 g/mol. The van der Waals surface area contributed by atoms with E-state index in [1.165, 1.54) is 12.1 Å². The second-order valence-electron chi connectivity index (χ2n) is 6.22. The summed E-state index contributed by atoms with van der Waals surface area (Å²) in [5.74, 6) is -1.55. The molecule has 0 bridgehead atoms. The van der Waals surface area contributed by atoms with E-state index < -0.39 is 11.9 Å². The van der Waals surface area contributed by atoms with E-state index in [4.69, 9.17) is 10.8 Å². The number of unbranched alkanes of at least 4 members (excludes halogenated alkanes) is 2. The van der Waals surface area contributed by atoms with E-state index in [1.807, 2.05) is 13.0 Å². The van der Waals surface area contributed by atoms with Crippen LogP contribution in [-0.2, 0) is 16.1 Å². The van der Waals surface area contributed by atoms with Crippen molar-refractivity contribution in [2.24, 2.45) is 10.7 Å². The second kappa shape index (κ2) is 13.2. The number of hydrogen-bond donors (Lipinski definition) is 3. The number of carbonyl (C=O) groups is 2. The topological polar surface area (TPSA) is 105 Å². The standard InChI is InChI=1S/C21H28FN3O3/c1-2-6-18(25-15-16-8-10-17(22)11-9-16)19(12-13-20(23)26)24-14-5-3-4-7-21(27)28/h6,8-12,14,25H,2-5,7,13,15H2,1H3,(H2,23,26)(H,27,28)/b18-6+,19-12+,24-14?. The molecule has 6 nitrogen and oxygen atoms in total. The van der Waals surface area contributed by atoms with Crippen molar-refractivity contribution in [1.82, 2.24) is 5.32 Å². The van der Waals surface area contributed by atoms with Crippen molar-refractivity contribution in [3.8, 4) is 0 Å². The molecule has 0 radical (unpaired) electrons. The minimum Gasteiger partial charge on any atom is -0.481 e. The molecular weight excluding hydrogens is 361 g/mol. The summed E-state index contributed by atoms with van der Waals surface area (Å²) in [6.45, 7) is 2.47. The molecule has 152 valence electrons. The minimum atomic E-state index is -0.808. The Kier molecular flexibility index (Phi) is 10.9. The summed E-state index contributed by atoms with van der Waals surface area (Å²) < 4.78 is 13.0. The molecule has 0 spiro atoms. The maximum atomic E-state index is 13.0. The lowest BCUT2D eigenvalue weighted by atomic mass is 10.2. The molecule has 7 heteroatoms. The molecule has 1 rings (SSSR count). The predicted octanol–water partition coefficient (Wildman–Crippen LogP) is 3.68. The van der Waals surface area contributed by atoms with Gasteiger partial charge < -0.3 is 16.2 Å². The van der Waals surface area contributed by atoms with Gasteiger partial charge in [0, 0.05) is 25.6 Å². The van der Waals surface area contributed by atoms with Gasteiger partial charge in [0.05, 0.1) is 11.4 Å². The van der Waals surface area contributed by atoms with Gasteiger partial charge in [-0.1, -0.05) is 25.1 Å². The van der Waals surface area contributed by atoms with Gasteiger partial charge in [0.25, 0.3) is 0 Å². The van der Waals surface area contributed by atoms with Crippen LogP contribution >= 0.6 is 0 Å².